The smallest absolute Gasteiger partial charge is 0.242 e. The van der Waals surface area contributed by atoms with Crippen molar-refractivity contribution in [1.82, 2.24) is 10.0 Å². The van der Waals surface area contributed by atoms with Gasteiger partial charge in [-0.25, -0.2) is 13.1 Å². The third-order valence-corrected chi connectivity index (χ3v) is 6.73. The number of carbonyl (C=O) groups is 2. The van der Waals surface area contributed by atoms with Crippen LogP contribution in [0.3, 0.4) is 0 Å². The third-order valence-electron chi connectivity index (χ3n) is 5.06. The van der Waals surface area contributed by atoms with Gasteiger partial charge in [0.15, 0.2) is 0 Å². The van der Waals surface area contributed by atoms with Crippen LogP contribution < -0.4 is 19.7 Å². The summed E-state index contributed by atoms with van der Waals surface area (Å²) in [7, 11) is -2.46. The fourth-order valence-electron chi connectivity index (χ4n) is 3.28. The van der Waals surface area contributed by atoms with Crippen molar-refractivity contribution in [3.05, 3.63) is 53.6 Å². The predicted octanol–water partition coefficient (Wildman–Crippen LogP) is 1.96. The molecular formula is C22H26ClN3O6S. The van der Waals surface area contributed by atoms with Crippen molar-refractivity contribution in [3.8, 4) is 5.75 Å². The minimum atomic E-state index is -3.95. The van der Waals surface area contributed by atoms with Gasteiger partial charge in [-0.2, -0.15) is 0 Å². The van der Waals surface area contributed by atoms with E-state index in [9.17, 15) is 18.0 Å². The lowest BCUT2D eigenvalue weighted by molar-refractivity contribution is -0.123. The van der Waals surface area contributed by atoms with Gasteiger partial charge in [-0.05, 0) is 49.2 Å². The number of carbonyl (C=O) groups excluding carboxylic acids is 2. The number of methoxy groups -OCH3 is 1. The molecule has 0 unspecified atom stereocenters. The Bertz CT molecular complexity index is 1070. The van der Waals surface area contributed by atoms with E-state index in [1.807, 2.05) is 0 Å². The van der Waals surface area contributed by atoms with Gasteiger partial charge in [-0.1, -0.05) is 17.7 Å². The summed E-state index contributed by atoms with van der Waals surface area (Å²) < 4.78 is 38.1. The second-order valence-electron chi connectivity index (χ2n) is 7.40. The van der Waals surface area contributed by atoms with Crippen molar-refractivity contribution in [2.75, 3.05) is 38.3 Å². The topological polar surface area (TPSA) is 114 Å². The average Bonchev–Trinajstić information content (AvgIpc) is 3.34. The normalized spacial score (nSPS) is 15.8. The Morgan fingerprint density at radius 1 is 1.21 bits per heavy atom. The van der Waals surface area contributed by atoms with E-state index >= 15 is 0 Å². The molecule has 1 aliphatic rings. The Morgan fingerprint density at radius 3 is 2.64 bits per heavy atom. The number of nitrogens with one attached hydrogen (secondary N) is 2. The molecule has 1 heterocycles. The number of amides is 2. The summed E-state index contributed by atoms with van der Waals surface area (Å²) in [5.74, 6) is -0.498. The first-order chi connectivity index (χ1) is 15.8. The van der Waals surface area contributed by atoms with Crippen molar-refractivity contribution in [2.24, 2.45) is 0 Å². The molecule has 1 saturated heterocycles. The number of rotatable bonds is 10. The Labute approximate surface area is 198 Å². The van der Waals surface area contributed by atoms with Gasteiger partial charge in [0.2, 0.25) is 21.8 Å². The SMILES string of the molecule is COc1cccc(N(CC(=O)NC[C@@H]2CCCO2)C(=O)CNS(=O)(=O)c2ccc(Cl)cc2)c1. The second kappa shape index (κ2) is 11.5. The van der Waals surface area contributed by atoms with Crippen molar-refractivity contribution in [2.45, 2.75) is 23.8 Å². The molecule has 0 saturated carbocycles. The van der Waals surface area contributed by atoms with E-state index in [0.717, 1.165) is 12.8 Å². The van der Waals surface area contributed by atoms with Crippen molar-refractivity contribution < 1.29 is 27.5 Å². The molecule has 0 radical (unpaired) electrons. The molecule has 2 aromatic carbocycles. The molecule has 33 heavy (non-hydrogen) atoms. The molecule has 0 bridgehead atoms. The number of halogens is 1. The van der Waals surface area contributed by atoms with Crippen molar-refractivity contribution in [3.63, 3.8) is 0 Å². The zero-order valence-corrected chi connectivity index (χ0v) is 19.7. The highest BCUT2D eigenvalue weighted by Gasteiger charge is 2.23. The highest BCUT2D eigenvalue weighted by molar-refractivity contribution is 7.89. The Kier molecular flexibility index (Phi) is 8.67. The summed E-state index contributed by atoms with van der Waals surface area (Å²) in [6, 6.07) is 12.2. The number of nitrogens with zero attached hydrogens (tertiary/aromatic N) is 1. The van der Waals surface area contributed by atoms with Crippen molar-refractivity contribution in [1.29, 1.82) is 0 Å². The Morgan fingerprint density at radius 2 is 1.97 bits per heavy atom. The van der Waals surface area contributed by atoms with Crippen LogP contribution in [-0.4, -0.2) is 59.7 Å². The van der Waals surface area contributed by atoms with Crippen LogP contribution in [0, 0.1) is 0 Å². The molecule has 0 aliphatic carbocycles. The first-order valence-electron chi connectivity index (χ1n) is 10.4. The zero-order chi connectivity index (χ0) is 23.8. The van der Waals surface area contributed by atoms with Gasteiger partial charge >= 0.3 is 0 Å². The molecule has 2 N–H and O–H groups in total. The van der Waals surface area contributed by atoms with E-state index in [-0.39, 0.29) is 23.5 Å². The van der Waals surface area contributed by atoms with Crippen LogP contribution in [-0.2, 0) is 24.3 Å². The van der Waals surface area contributed by atoms with Crippen LogP contribution in [0.25, 0.3) is 0 Å². The summed E-state index contributed by atoms with van der Waals surface area (Å²) in [5.41, 5.74) is 0.400. The van der Waals surface area contributed by atoms with E-state index < -0.39 is 22.5 Å². The summed E-state index contributed by atoms with van der Waals surface area (Å²) in [6.45, 7) is 0.188. The van der Waals surface area contributed by atoms with Gasteiger partial charge in [0.25, 0.3) is 0 Å². The zero-order valence-electron chi connectivity index (χ0n) is 18.1. The molecule has 1 aliphatic heterocycles. The van der Waals surface area contributed by atoms with Gasteiger partial charge in [0.1, 0.15) is 12.3 Å². The number of hydrogen-bond donors (Lipinski definition) is 2. The first kappa shape index (κ1) is 25.0. The molecule has 1 fully saturated rings. The lowest BCUT2D eigenvalue weighted by atomic mass is 10.2. The van der Waals surface area contributed by atoms with Crippen LogP contribution in [0.2, 0.25) is 5.02 Å². The van der Waals surface area contributed by atoms with E-state index in [1.54, 1.807) is 24.3 Å². The van der Waals surface area contributed by atoms with Crippen molar-refractivity contribution >= 4 is 39.1 Å². The quantitative estimate of drug-likeness (QED) is 0.521. The highest BCUT2D eigenvalue weighted by Crippen LogP contribution is 2.21. The maximum absolute atomic E-state index is 13.0. The van der Waals surface area contributed by atoms with Crippen LogP contribution in [0.1, 0.15) is 12.8 Å². The van der Waals surface area contributed by atoms with E-state index in [4.69, 9.17) is 21.1 Å². The summed E-state index contributed by atoms with van der Waals surface area (Å²) >= 11 is 5.81. The summed E-state index contributed by atoms with van der Waals surface area (Å²) in [5, 5.41) is 3.16. The minimum Gasteiger partial charge on any atom is -0.497 e. The van der Waals surface area contributed by atoms with Gasteiger partial charge in [-0.3, -0.25) is 9.59 Å². The van der Waals surface area contributed by atoms with Crippen LogP contribution in [0.15, 0.2) is 53.4 Å². The molecule has 2 aromatic rings. The molecule has 3 rings (SSSR count). The number of benzene rings is 2. The number of sulfonamides is 1. The lowest BCUT2D eigenvalue weighted by Gasteiger charge is -2.23. The van der Waals surface area contributed by atoms with Gasteiger partial charge in [0.05, 0.1) is 24.7 Å². The minimum absolute atomic E-state index is 0.0260. The third kappa shape index (κ3) is 7.16. The van der Waals surface area contributed by atoms with Gasteiger partial charge in [-0.15, -0.1) is 0 Å². The van der Waals surface area contributed by atoms with Gasteiger partial charge < -0.3 is 19.7 Å². The molecule has 0 aromatic heterocycles. The number of anilines is 1. The van der Waals surface area contributed by atoms with Crippen LogP contribution in [0.5, 0.6) is 5.75 Å². The molecule has 1 atom stereocenters. The van der Waals surface area contributed by atoms with E-state index in [0.29, 0.717) is 29.6 Å². The Hall–Kier alpha value is -2.66. The van der Waals surface area contributed by atoms with E-state index in [2.05, 4.69) is 10.0 Å². The fraction of sp³-hybridized carbons (Fsp3) is 0.364. The average molecular weight is 496 g/mol. The maximum atomic E-state index is 13.0. The lowest BCUT2D eigenvalue weighted by Crippen LogP contribution is -2.46. The molecule has 9 nitrogen and oxygen atoms in total. The highest BCUT2D eigenvalue weighted by atomic mass is 35.5. The molecule has 0 spiro atoms. The molecule has 178 valence electrons. The first-order valence-corrected chi connectivity index (χ1v) is 12.2. The number of ether oxygens (including phenoxy) is 2. The predicted molar refractivity (Wildman–Crippen MR) is 124 cm³/mol. The molecule has 11 heteroatoms. The fourth-order valence-corrected chi connectivity index (χ4v) is 4.38. The van der Waals surface area contributed by atoms with Crippen LogP contribution >= 0.6 is 11.6 Å². The van der Waals surface area contributed by atoms with E-state index in [1.165, 1.54) is 36.3 Å². The standard InChI is InChI=1S/C22H26ClN3O6S/c1-31-18-5-2-4-17(12-18)26(15-21(27)24-13-19-6-3-11-32-19)22(28)14-25-33(29,30)20-9-7-16(23)8-10-20/h2,4-5,7-10,12,19,25H,3,6,11,13-15H2,1H3,(H,24,27)/t19-/m0/s1. The monoisotopic (exact) mass is 495 g/mol. The summed E-state index contributed by atoms with van der Waals surface area (Å²) in [4.78, 5) is 26.7. The Balaban J connectivity index is 1.70. The van der Waals surface area contributed by atoms with Gasteiger partial charge in [0, 0.05) is 29.9 Å². The maximum Gasteiger partial charge on any atom is 0.242 e. The summed E-state index contributed by atoms with van der Waals surface area (Å²) in [6.07, 6.45) is 1.77. The number of hydrogen-bond acceptors (Lipinski definition) is 6. The largest absolute Gasteiger partial charge is 0.497 e. The second-order valence-corrected chi connectivity index (χ2v) is 9.60. The van der Waals surface area contributed by atoms with Crippen LogP contribution in [0.4, 0.5) is 5.69 Å². The molecular weight excluding hydrogens is 470 g/mol. The molecule has 2 amide bonds.